The van der Waals surface area contributed by atoms with Gasteiger partial charge in [-0.3, -0.25) is 4.98 Å². The topological polar surface area (TPSA) is 43.6 Å². The molecule has 4 nitrogen and oxygen atoms in total. The lowest BCUT2D eigenvalue weighted by molar-refractivity contribution is 0.635. The van der Waals surface area contributed by atoms with Crippen molar-refractivity contribution in [2.24, 2.45) is 0 Å². The van der Waals surface area contributed by atoms with Crippen LogP contribution in [0.3, 0.4) is 0 Å². The second-order valence-corrected chi connectivity index (χ2v) is 16.3. The summed E-state index contributed by atoms with van der Waals surface area (Å²) in [6.07, 6.45) is 11.2. The normalized spacial score (nSPS) is 15.4. The zero-order valence-electron chi connectivity index (χ0n) is 31.1. The second-order valence-electron chi connectivity index (χ2n) is 15.3. The molecule has 4 aromatic heterocycles. The van der Waals surface area contributed by atoms with E-state index in [1.807, 2.05) is 29.7 Å². The molecule has 0 saturated heterocycles. The largest absolute Gasteiger partial charge is 0.308 e. The highest BCUT2D eigenvalue weighted by molar-refractivity contribution is 7.27. The van der Waals surface area contributed by atoms with Gasteiger partial charge in [-0.15, -0.1) is 11.3 Å². The summed E-state index contributed by atoms with van der Waals surface area (Å²) in [5.74, 6) is 0.665. The van der Waals surface area contributed by atoms with Gasteiger partial charge in [-0.25, -0.2) is 9.97 Å². The van der Waals surface area contributed by atoms with Crippen LogP contribution in [0.5, 0.6) is 0 Å². The SMILES string of the molecule is C=C1/C=C\C=C/Cc2ccc(-c3nc(-c4cccc(-n5c6ccccc6c6c7ccccc7c7c8ccccc8sc7c65)c4)nc4cccnc34)cc2C1(C)C. The minimum Gasteiger partial charge on any atom is -0.308 e. The number of rotatable bonds is 3. The molecule has 1 aliphatic rings. The Kier molecular flexibility index (Phi) is 7.26. The fraction of sp³-hybridized carbons (Fsp3) is 0.0784. The van der Waals surface area contributed by atoms with Gasteiger partial charge in [0.25, 0.3) is 0 Å². The molecule has 0 bridgehead atoms. The van der Waals surface area contributed by atoms with E-state index in [-0.39, 0.29) is 5.41 Å². The maximum Gasteiger partial charge on any atom is 0.160 e. The van der Waals surface area contributed by atoms with Crippen LogP contribution in [0, 0.1) is 0 Å². The monoisotopic (exact) mass is 736 g/mol. The molecule has 4 heterocycles. The van der Waals surface area contributed by atoms with Gasteiger partial charge in [0, 0.05) is 54.7 Å². The van der Waals surface area contributed by atoms with E-state index in [9.17, 15) is 0 Å². The van der Waals surface area contributed by atoms with E-state index in [0.717, 1.165) is 45.5 Å². The molecule has 1 aliphatic carbocycles. The van der Waals surface area contributed by atoms with E-state index in [4.69, 9.17) is 15.0 Å². The standard InChI is InChI=1S/C51H36N4S/c1-31-15-5-4-6-16-32-26-27-33(30-40(32)51(31,2)3)46-47-41(23-14-28-52-47)53-50(54-46)34-17-13-18-35(29-34)55-42-24-11-9-21-38(42)44-36-19-7-8-20-37(36)45-39-22-10-12-25-43(39)56-49(45)48(44)55/h4-15,17-30H,1,16H2,2-3H3/b6-4-,15-5-. The third-order valence-electron chi connectivity index (χ3n) is 11.7. The summed E-state index contributed by atoms with van der Waals surface area (Å²) in [4.78, 5) is 15.3. The number of thiophene rings is 1. The van der Waals surface area contributed by atoms with Crippen molar-refractivity contribution < 1.29 is 0 Å². The van der Waals surface area contributed by atoms with Gasteiger partial charge in [0.15, 0.2) is 5.82 Å². The molecular weight excluding hydrogens is 701 g/mol. The number of aromatic nitrogens is 4. The average molecular weight is 737 g/mol. The molecule has 0 spiro atoms. The van der Waals surface area contributed by atoms with Crippen molar-refractivity contribution in [3.8, 4) is 28.3 Å². The number of nitrogens with zero attached hydrogens (tertiary/aromatic N) is 4. The Bertz CT molecular complexity index is 3340. The van der Waals surface area contributed by atoms with Crippen LogP contribution in [0.15, 0.2) is 170 Å². The van der Waals surface area contributed by atoms with Gasteiger partial charge in [-0.1, -0.05) is 130 Å². The van der Waals surface area contributed by atoms with Gasteiger partial charge < -0.3 is 4.57 Å². The Hall–Kier alpha value is -6.69. The molecule has 266 valence electrons. The lowest BCUT2D eigenvalue weighted by atomic mass is 9.75. The lowest BCUT2D eigenvalue weighted by Gasteiger charge is -2.29. The highest BCUT2D eigenvalue weighted by Gasteiger charge is 2.27. The Morgan fingerprint density at radius 1 is 0.696 bits per heavy atom. The number of pyridine rings is 1. The molecule has 0 aliphatic heterocycles. The van der Waals surface area contributed by atoms with Crippen LogP contribution in [0.1, 0.15) is 25.0 Å². The van der Waals surface area contributed by atoms with Crippen LogP contribution in [-0.2, 0) is 11.8 Å². The summed E-state index contributed by atoms with van der Waals surface area (Å²) in [6, 6.07) is 45.9. The first kappa shape index (κ1) is 32.7. The highest BCUT2D eigenvalue weighted by Crippen LogP contribution is 2.48. The van der Waals surface area contributed by atoms with Crippen molar-refractivity contribution in [2.75, 3.05) is 0 Å². The highest BCUT2D eigenvalue weighted by atomic mass is 32.1. The number of hydrogen-bond donors (Lipinski definition) is 0. The van der Waals surface area contributed by atoms with Crippen LogP contribution in [-0.4, -0.2) is 19.5 Å². The number of allylic oxidation sites excluding steroid dienone is 5. The summed E-state index contributed by atoms with van der Waals surface area (Å²) in [7, 11) is 0. The van der Waals surface area contributed by atoms with E-state index in [1.54, 1.807) is 0 Å². The van der Waals surface area contributed by atoms with E-state index in [0.29, 0.717) is 5.82 Å². The molecule has 0 saturated carbocycles. The second kappa shape index (κ2) is 12.4. The van der Waals surface area contributed by atoms with Gasteiger partial charge in [0.1, 0.15) is 11.2 Å². The third kappa shape index (κ3) is 4.87. The maximum absolute atomic E-state index is 5.35. The summed E-state index contributed by atoms with van der Waals surface area (Å²) < 4.78 is 5.04. The van der Waals surface area contributed by atoms with Gasteiger partial charge >= 0.3 is 0 Å². The van der Waals surface area contributed by atoms with Crippen LogP contribution in [0.4, 0.5) is 0 Å². The van der Waals surface area contributed by atoms with Crippen LogP contribution < -0.4 is 0 Å². The van der Waals surface area contributed by atoms with E-state index < -0.39 is 0 Å². The molecule has 5 heteroatoms. The van der Waals surface area contributed by atoms with Crippen LogP contribution in [0.25, 0.3) is 92.1 Å². The van der Waals surface area contributed by atoms with Gasteiger partial charge in [-0.2, -0.15) is 0 Å². The fourth-order valence-corrected chi connectivity index (χ4v) is 10.0. The third-order valence-corrected chi connectivity index (χ3v) is 12.9. The first-order chi connectivity index (χ1) is 27.5. The molecule has 0 unspecified atom stereocenters. The molecule has 0 amide bonds. The quantitative estimate of drug-likeness (QED) is 0.181. The first-order valence-corrected chi connectivity index (χ1v) is 19.9. The van der Waals surface area contributed by atoms with E-state index in [1.165, 1.54) is 63.9 Å². The van der Waals surface area contributed by atoms with Crippen molar-refractivity contribution in [3.63, 3.8) is 0 Å². The van der Waals surface area contributed by atoms with Crippen molar-refractivity contribution >= 4 is 75.1 Å². The minimum atomic E-state index is -0.269. The molecule has 0 N–H and O–H groups in total. The summed E-state index contributed by atoms with van der Waals surface area (Å²) in [5.41, 5.74) is 11.2. The molecule has 56 heavy (non-hydrogen) atoms. The molecular formula is C51H36N4S. The Morgan fingerprint density at radius 3 is 2.36 bits per heavy atom. The number of benzene rings is 6. The molecule has 10 aromatic rings. The van der Waals surface area contributed by atoms with Crippen LogP contribution in [0.2, 0.25) is 0 Å². The van der Waals surface area contributed by atoms with Gasteiger partial charge in [0.05, 0.1) is 21.3 Å². The smallest absolute Gasteiger partial charge is 0.160 e. The van der Waals surface area contributed by atoms with Crippen LogP contribution >= 0.6 is 11.3 Å². The van der Waals surface area contributed by atoms with Gasteiger partial charge in [0.2, 0.25) is 0 Å². The average Bonchev–Trinajstić information content (AvgIpc) is 3.81. The van der Waals surface area contributed by atoms with Crippen molar-refractivity contribution in [3.05, 3.63) is 181 Å². The predicted molar refractivity (Wildman–Crippen MR) is 237 cm³/mol. The molecule has 0 fully saturated rings. The zero-order valence-corrected chi connectivity index (χ0v) is 31.9. The van der Waals surface area contributed by atoms with Crippen molar-refractivity contribution in [2.45, 2.75) is 25.7 Å². The molecule has 11 rings (SSSR count). The number of para-hydroxylation sites is 1. The first-order valence-electron chi connectivity index (χ1n) is 19.1. The Morgan fingerprint density at radius 2 is 1.48 bits per heavy atom. The zero-order chi connectivity index (χ0) is 37.5. The number of hydrogen-bond acceptors (Lipinski definition) is 4. The van der Waals surface area contributed by atoms with Crippen molar-refractivity contribution in [1.29, 1.82) is 0 Å². The Labute approximate surface area is 328 Å². The summed E-state index contributed by atoms with van der Waals surface area (Å²) >= 11 is 1.88. The molecule has 0 radical (unpaired) electrons. The lowest BCUT2D eigenvalue weighted by Crippen LogP contribution is -2.21. The molecule has 0 atom stereocenters. The summed E-state index contributed by atoms with van der Waals surface area (Å²) in [5, 5.41) is 7.69. The van der Waals surface area contributed by atoms with Gasteiger partial charge in [-0.05, 0) is 76.4 Å². The molecule has 6 aromatic carbocycles. The predicted octanol–water partition coefficient (Wildman–Crippen LogP) is 13.5. The van der Waals surface area contributed by atoms with Crippen molar-refractivity contribution in [1.82, 2.24) is 19.5 Å². The van der Waals surface area contributed by atoms with E-state index in [2.05, 4.69) is 165 Å². The fourth-order valence-electron chi connectivity index (χ4n) is 8.79. The maximum atomic E-state index is 5.35. The number of fused-ring (bicyclic) bond motifs is 12. The summed E-state index contributed by atoms with van der Waals surface area (Å²) in [6.45, 7) is 8.97. The Balaban J connectivity index is 1.15. The van der Waals surface area contributed by atoms with E-state index >= 15 is 0 Å². The minimum absolute atomic E-state index is 0.269.